The smallest absolute Gasteiger partial charge is 0.308 e. The molecule has 32 heavy (non-hydrogen) atoms. The Morgan fingerprint density at radius 2 is 1.78 bits per heavy atom. The second-order valence-corrected chi connectivity index (χ2v) is 8.95. The summed E-state index contributed by atoms with van der Waals surface area (Å²) in [5.41, 5.74) is 0.812. The van der Waals surface area contributed by atoms with Crippen LogP contribution in [-0.2, 0) is 9.59 Å². The zero-order valence-electron chi connectivity index (χ0n) is 19.6. The van der Waals surface area contributed by atoms with Crippen LogP contribution in [0.25, 0.3) is 0 Å². The van der Waals surface area contributed by atoms with Crippen LogP contribution in [-0.4, -0.2) is 54.4 Å². The predicted octanol–water partition coefficient (Wildman–Crippen LogP) is 4.02. The van der Waals surface area contributed by atoms with Crippen molar-refractivity contribution >= 4 is 11.9 Å². The van der Waals surface area contributed by atoms with Gasteiger partial charge in [-0.2, -0.15) is 0 Å². The highest BCUT2D eigenvalue weighted by Crippen LogP contribution is 2.42. The van der Waals surface area contributed by atoms with Crippen LogP contribution in [0.1, 0.15) is 70.8 Å². The summed E-state index contributed by atoms with van der Waals surface area (Å²) in [6.07, 6.45) is 5.57. The molecule has 0 aliphatic carbocycles. The first kappa shape index (κ1) is 24.4. The lowest BCUT2D eigenvalue weighted by Gasteiger charge is -2.33. The first-order valence-corrected chi connectivity index (χ1v) is 12.2. The summed E-state index contributed by atoms with van der Waals surface area (Å²) in [5, 5.41) is 13.5. The Kier molecular flexibility index (Phi) is 8.79. The number of amides is 1. The number of carboxylic acid groups (broad SMARTS) is 1. The molecule has 4 atom stereocenters. The molecule has 2 aliphatic heterocycles. The third-order valence-electron chi connectivity index (χ3n) is 6.72. The molecule has 1 amide bonds. The van der Waals surface area contributed by atoms with Crippen LogP contribution in [0.2, 0.25) is 0 Å². The molecule has 2 aliphatic rings. The van der Waals surface area contributed by atoms with Crippen molar-refractivity contribution in [1.82, 2.24) is 10.2 Å². The maximum Gasteiger partial charge on any atom is 0.308 e. The SMILES string of the molecule is CCCCN(CCCC)C(=O)C(c1ccc2c(c1)OCO2)C1CNC(CCC)C1C(=O)O. The quantitative estimate of drug-likeness (QED) is 0.504. The molecule has 1 saturated heterocycles. The van der Waals surface area contributed by atoms with E-state index < -0.39 is 17.8 Å². The molecule has 7 heteroatoms. The number of rotatable bonds is 12. The van der Waals surface area contributed by atoms with Crippen LogP contribution < -0.4 is 14.8 Å². The Labute approximate surface area is 191 Å². The van der Waals surface area contributed by atoms with E-state index in [1.807, 2.05) is 23.1 Å². The molecule has 7 nitrogen and oxygen atoms in total. The number of hydrogen-bond donors (Lipinski definition) is 2. The van der Waals surface area contributed by atoms with Gasteiger partial charge in [0.1, 0.15) is 0 Å². The van der Waals surface area contributed by atoms with E-state index in [0.29, 0.717) is 31.1 Å². The maximum atomic E-state index is 14.0. The number of unbranched alkanes of at least 4 members (excludes halogenated alkanes) is 2. The molecule has 0 radical (unpaired) electrons. The lowest BCUT2D eigenvalue weighted by Crippen LogP contribution is -2.42. The van der Waals surface area contributed by atoms with Crippen LogP contribution >= 0.6 is 0 Å². The number of carboxylic acids is 1. The van der Waals surface area contributed by atoms with Crippen molar-refractivity contribution in [2.75, 3.05) is 26.4 Å². The largest absolute Gasteiger partial charge is 0.481 e. The van der Waals surface area contributed by atoms with Gasteiger partial charge in [-0.05, 0) is 37.0 Å². The zero-order chi connectivity index (χ0) is 23.1. The second-order valence-electron chi connectivity index (χ2n) is 8.95. The molecule has 0 bridgehead atoms. The van der Waals surface area contributed by atoms with Crippen LogP contribution in [0.5, 0.6) is 11.5 Å². The van der Waals surface area contributed by atoms with Crippen molar-refractivity contribution in [3.05, 3.63) is 23.8 Å². The van der Waals surface area contributed by atoms with E-state index in [-0.39, 0.29) is 24.7 Å². The first-order chi connectivity index (χ1) is 15.5. The van der Waals surface area contributed by atoms with Crippen LogP contribution in [0, 0.1) is 11.8 Å². The van der Waals surface area contributed by atoms with Gasteiger partial charge in [-0.25, -0.2) is 0 Å². The van der Waals surface area contributed by atoms with Gasteiger partial charge < -0.3 is 24.8 Å². The van der Waals surface area contributed by atoms with Crippen molar-refractivity contribution in [1.29, 1.82) is 0 Å². The average molecular weight is 447 g/mol. The highest BCUT2D eigenvalue weighted by molar-refractivity contribution is 5.86. The molecular formula is C25H38N2O5. The monoisotopic (exact) mass is 446 g/mol. The summed E-state index contributed by atoms with van der Waals surface area (Å²) in [6, 6.07) is 5.49. The lowest BCUT2D eigenvalue weighted by molar-refractivity contribution is -0.144. The fraction of sp³-hybridized carbons (Fsp3) is 0.680. The fourth-order valence-corrected chi connectivity index (χ4v) is 5.02. The molecule has 1 aromatic carbocycles. The van der Waals surface area contributed by atoms with Gasteiger partial charge >= 0.3 is 5.97 Å². The molecule has 1 aromatic rings. The minimum absolute atomic E-state index is 0.0287. The Morgan fingerprint density at radius 3 is 2.41 bits per heavy atom. The first-order valence-electron chi connectivity index (χ1n) is 12.2. The number of hydrogen-bond acceptors (Lipinski definition) is 5. The summed E-state index contributed by atoms with van der Waals surface area (Å²) < 4.78 is 11.0. The molecule has 1 fully saturated rings. The number of nitrogens with one attached hydrogen (secondary N) is 1. The number of fused-ring (bicyclic) bond motifs is 1. The van der Waals surface area contributed by atoms with E-state index in [2.05, 4.69) is 26.1 Å². The third-order valence-corrected chi connectivity index (χ3v) is 6.72. The van der Waals surface area contributed by atoms with Gasteiger partial charge in [-0.3, -0.25) is 9.59 Å². The highest BCUT2D eigenvalue weighted by Gasteiger charge is 2.47. The summed E-state index contributed by atoms with van der Waals surface area (Å²) in [5.74, 6) is -0.967. The van der Waals surface area contributed by atoms with Crippen molar-refractivity contribution in [2.45, 2.75) is 71.3 Å². The highest BCUT2D eigenvalue weighted by atomic mass is 16.7. The number of carbonyl (C=O) groups excluding carboxylic acids is 1. The molecule has 3 rings (SSSR count). The summed E-state index contributed by atoms with van der Waals surface area (Å²) in [4.78, 5) is 28.3. The van der Waals surface area contributed by atoms with Crippen molar-refractivity contribution < 1.29 is 24.2 Å². The minimum atomic E-state index is -0.828. The van der Waals surface area contributed by atoms with Gasteiger partial charge in [-0.15, -0.1) is 0 Å². The minimum Gasteiger partial charge on any atom is -0.481 e. The van der Waals surface area contributed by atoms with Crippen LogP contribution in [0.3, 0.4) is 0 Å². The topological polar surface area (TPSA) is 88.1 Å². The third kappa shape index (κ3) is 5.37. The van der Waals surface area contributed by atoms with E-state index in [1.165, 1.54) is 0 Å². The molecule has 2 heterocycles. The molecule has 178 valence electrons. The summed E-state index contributed by atoms with van der Waals surface area (Å²) in [7, 11) is 0. The maximum absolute atomic E-state index is 14.0. The number of ether oxygens (including phenoxy) is 2. The van der Waals surface area contributed by atoms with Gasteiger partial charge in [0.2, 0.25) is 12.7 Å². The summed E-state index contributed by atoms with van der Waals surface area (Å²) in [6.45, 7) is 8.38. The molecule has 4 unspecified atom stereocenters. The predicted molar refractivity (Wildman–Crippen MR) is 123 cm³/mol. The molecule has 0 saturated carbocycles. The van der Waals surface area contributed by atoms with E-state index in [1.54, 1.807) is 0 Å². The van der Waals surface area contributed by atoms with Gasteiger partial charge in [0.25, 0.3) is 0 Å². The van der Waals surface area contributed by atoms with Crippen molar-refractivity contribution in [3.63, 3.8) is 0 Å². The van der Waals surface area contributed by atoms with E-state index >= 15 is 0 Å². The average Bonchev–Trinajstić information content (AvgIpc) is 3.41. The number of nitrogens with zero attached hydrogens (tertiary/aromatic N) is 1. The van der Waals surface area contributed by atoms with Gasteiger partial charge in [-0.1, -0.05) is 46.1 Å². The molecular weight excluding hydrogens is 408 g/mol. The van der Waals surface area contributed by atoms with Crippen molar-refractivity contribution in [3.8, 4) is 11.5 Å². The number of carbonyl (C=O) groups is 2. The molecule has 0 aromatic heterocycles. The standard InChI is InChI=1S/C25H38N2O5/c1-4-7-12-27(13-8-5-2)24(28)22(17-10-11-20-21(14-17)32-16-31-20)18-15-26-19(9-6-3)23(18)25(29)30/h10-11,14,18-19,22-23,26H,4-9,12-13,15-16H2,1-3H3,(H,29,30). The normalized spacial score (nSPS) is 22.7. The lowest BCUT2D eigenvalue weighted by atomic mass is 9.76. The molecule has 0 spiro atoms. The van der Waals surface area contributed by atoms with E-state index in [9.17, 15) is 14.7 Å². The van der Waals surface area contributed by atoms with Gasteiger partial charge in [0.15, 0.2) is 11.5 Å². The van der Waals surface area contributed by atoms with Crippen LogP contribution in [0.4, 0.5) is 0 Å². The number of benzene rings is 1. The van der Waals surface area contributed by atoms with Gasteiger partial charge in [0.05, 0.1) is 11.8 Å². The van der Waals surface area contributed by atoms with Gasteiger partial charge in [0, 0.05) is 31.6 Å². The Balaban J connectivity index is 1.98. The molecule has 2 N–H and O–H groups in total. The van der Waals surface area contributed by atoms with E-state index in [0.717, 1.165) is 44.1 Å². The Hall–Kier alpha value is -2.28. The Morgan fingerprint density at radius 1 is 1.09 bits per heavy atom. The van der Waals surface area contributed by atoms with Crippen molar-refractivity contribution in [2.24, 2.45) is 11.8 Å². The fourth-order valence-electron chi connectivity index (χ4n) is 5.02. The summed E-state index contributed by atoms with van der Waals surface area (Å²) >= 11 is 0. The second kappa shape index (κ2) is 11.5. The van der Waals surface area contributed by atoms with Crippen LogP contribution in [0.15, 0.2) is 18.2 Å². The van der Waals surface area contributed by atoms with E-state index in [4.69, 9.17) is 9.47 Å². The zero-order valence-corrected chi connectivity index (χ0v) is 19.6. The Bertz CT molecular complexity index is 776. The number of aliphatic carboxylic acids is 1.